The Morgan fingerprint density at radius 1 is 0.597 bits per heavy atom. The molecule has 3 aromatic heterocycles. The molecule has 7 aromatic carbocycles. The van der Waals surface area contributed by atoms with Crippen LogP contribution in [0, 0.1) is 18.1 Å². The molecule has 3 heterocycles. The van der Waals surface area contributed by atoms with Crippen molar-refractivity contribution >= 4 is 46.1 Å². The van der Waals surface area contributed by atoms with E-state index in [0.717, 1.165) is 55.6 Å². The molecule has 0 aliphatic heterocycles. The summed E-state index contributed by atoms with van der Waals surface area (Å²) in [6, 6.07) is 64.2. The van der Waals surface area contributed by atoms with E-state index in [2.05, 4.69) is 207 Å². The van der Waals surface area contributed by atoms with E-state index < -0.39 is 14.4 Å². The summed E-state index contributed by atoms with van der Waals surface area (Å²) in [5.41, 5.74) is 15.4. The van der Waals surface area contributed by atoms with Crippen molar-refractivity contribution in [1.29, 1.82) is 0 Å². The molecule has 0 aliphatic rings. The molecule has 6 heteroatoms. The van der Waals surface area contributed by atoms with Crippen molar-refractivity contribution in [1.82, 2.24) is 19.1 Å². The second-order valence-electron chi connectivity index (χ2n) is 19.2. The zero-order chi connectivity index (χ0) is 47.9. The van der Waals surface area contributed by atoms with Crippen LogP contribution in [0.4, 0.5) is 0 Å². The van der Waals surface area contributed by atoms with Gasteiger partial charge >= 0.3 is 0 Å². The first-order chi connectivity index (χ1) is 32.6. The largest absolute Gasteiger partial charge is 0.351 e. The van der Waals surface area contributed by atoms with Crippen LogP contribution in [0.15, 0.2) is 170 Å². The molecule has 1 radical (unpaired) electrons. The fourth-order valence-electron chi connectivity index (χ4n) is 9.13. The van der Waals surface area contributed by atoms with Gasteiger partial charge in [-0.05, 0) is 111 Å². The Labute approximate surface area is 415 Å². The molecule has 10 rings (SSSR count). The van der Waals surface area contributed by atoms with Crippen molar-refractivity contribution in [3.8, 4) is 45.1 Å². The van der Waals surface area contributed by atoms with Crippen LogP contribution in [-0.4, -0.2) is 27.2 Å². The Morgan fingerprint density at radius 2 is 1.22 bits per heavy atom. The van der Waals surface area contributed by atoms with Crippen molar-refractivity contribution in [2.24, 2.45) is 5.92 Å². The average Bonchev–Trinajstić information content (AvgIpc) is 3.90. The van der Waals surface area contributed by atoms with Crippen molar-refractivity contribution < 1.29 is 22.8 Å². The zero-order valence-corrected chi connectivity index (χ0v) is 43.4. The summed E-state index contributed by atoms with van der Waals surface area (Å²) in [5.74, 6) is 1.44. The molecule has 67 heavy (non-hydrogen) atoms. The Morgan fingerprint density at radius 3 is 1.87 bits per heavy atom. The minimum absolute atomic E-state index is 0. The van der Waals surface area contributed by atoms with Crippen LogP contribution in [0.2, 0.25) is 19.6 Å². The number of hydrogen-bond donors (Lipinski definition) is 0. The SMILES string of the molecule is CC(C)c1cc(-c2ccccc2)cc(C(C)C)c1-n1c(-c2[c-]cc3c(c2)c2ccccc2n3-c2ccccc2)nc2ccccc21.[2H]C([2H])(c1cc(-c2[c-]cccc2)ncc1[Si](C)(C)C)C(C)C.[Ir]. The standard InChI is InChI=1S/C43H36N3.C18H24NSi.Ir/c1-28(2)35-26-32(30-15-7-5-8-16-30)27-36(29(3)4)42(35)46-41-22-14-12-20-38(41)44-43(46)31-23-24-40-37(25-31)34-19-11-13-21-39(34)45(40)33-17-9-6-10-18-33;1-14(2)11-16-12-17(15-9-7-6-8-10-15)19-13-18(16)20(3,4)5;/h5-22,24-29H,1-4H3;6-9,12-14H,11H2,1-5H3;/q2*-1;/i;11D2;. The fourth-order valence-corrected chi connectivity index (χ4v) is 10.5. The smallest absolute Gasteiger partial charge is 0.0798 e. The number of rotatable bonds is 10. The maximum absolute atomic E-state index is 8.55. The molecular weight excluding hydrogens is 1010 g/mol. The van der Waals surface area contributed by atoms with Crippen molar-refractivity contribution in [3.63, 3.8) is 0 Å². The summed E-state index contributed by atoms with van der Waals surface area (Å²) in [5, 5.41) is 3.52. The number of nitrogens with zero attached hydrogens (tertiary/aromatic N) is 4. The third-order valence-corrected chi connectivity index (χ3v) is 14.3. The third kappa shape index (κ3) is 9.67. The van der Waals surface area contributed by atoms with Crippen molar-refractivity contribution in [2.75, 3.05) is 0 Å². The van der Waals surface area contributed by atoms with E-state index in [1.54, 1.807) is 0 Å². The Hall–Kier alpha value is -6.17. The quantitative estimate of drug-likeness (QED) is 0.101. The van der Waals surface area contributed by atoms with Crippen LogP contribution in [-0.2, 0) is 26.5 Å². The normalized spacial score (nSPS) is 12.4. The predicted octanol–water partition coefficient (Wildman–Crippen LogP) is 15.8. The Bertz CT molecular complexity index is 3360. The first kappa shape index (κ1) is 44.7. The summed E-state index contributed by atoms with van der Waals surface area (Å²) >= 11 is 0. The number of aromatic nitrogens is 4. The molecule has 0 unspecified atom stereocenters. The number of benzene rings is 7. The van der Waals surface area contributed by atoms with Gasteiger partial charge in [0.15, 0.2) is 0 Å². The van der Waals surface area contributed by atoms with Crippen molar-refractivity contribution in [2.45, 2.75) is 79.4 Å². The van der Waals surface area contributed by atoms with Crippen molar-refractivity contribution in [3.05, 3.63) is 199 Å². The maximum Gasteiger partial charge on any atom is 0.0798 e. The first-order valence-electron chi connectivity index (χ1n) is 24.3. The van der Waals surface area contributed by atoms with E-state index in [4.69, 9.17) is 7.73 Å². The van der Waals surface area contributed by atoms with Gasteiger partial charge in [0.25, 0.3) is 0 Å². The van der Waals surface area contributed by atoms with Crippen LogP contribution in [0.3, 0.4) is 0 Å². The minimum Gasteiger partial charge on any atom is -0.351 e. The van der Waals surface area contributed by atoms with Gasteiger partial charge in [0, 0.05) is 45.9 Å². The summed E-state index contributed by atoms with van der Waals surface area (Å²) in [4.78, 5) is 9.90. The van der Waals surface area contributed by atoms with E-state index in [-0.39, 0.29) is 26.0 Å². The van der Waals surface area contributed by atoms with E-state index in [0.29, 0.717) is 11.8 Å². The van der Waals surface area contributed by atoms with Crippen LogP contribution in [0.25, 0.3) is 78.0 Å². The molecule has 0 saturated heterocycles. The van der Waals surface area contributed by atoms with Gasteiger partial charge in [-0.3, -0.25) is 4.98 Å². The van der Waals surface area contributed by atoms with E-state index in [1.807, 2.05) is 50.4 Å². The van der Waals surface area contributed by atoms with Gasteiger partial charge in [-0.2, -0.15) is 0 Å². The van der Waals surface area contributed by atoms with Gasteiger partial charge in [0.1, 0.15) is 0 Å². The Balaban J connectivity index is 0.000000236. The number of fused-ring (bicyclic) bond motifs is 4. The first-order valence-corrected chi connectivity index (χ1v) is 26.8. The zero-order valence-electron chi connectivity index (χ0n) is 42.0. The third-order valence-electron chi connectivity index (χ3n) is 12.3. The predicted molar refractivity (Wildman–Crippen MR) is 283 cm³/mol. The minimum atomic E-state index is -1.67. The average molecular weight is 1070 g/mol. The number of pyridine rings is 1. The number of imidazole rings is 1. The van der Waals surface area contributed by atoms with Gasteiger partial charge in [-0.15, -0.1) is 59.7 Å². The van der Waals surface area contributed by atoms with Crippen LogP contribution in [0.5, 0.6) is 0 Å². The molecule has 0 spiro atoms. The second kappa shape index (κ2) is 20.0. The summed E-state index contributed by atoms with van der Waals surface area (Å²) in [6.45, 7) is 19.8. The number of hydrogen-bond acceptors (Lipinski definition) is 2. The summed E-state index contributed by atoms with van der Waals surface area (Å²) < 4.78 is 21.8. The van der Waals surface area contributed by atoms with Crippen LogP contribution < -0.4 is 5.19 Å². The van der Waals surface area contributed by atoms with E-state index in [1.165, 1.54) is 44.2 Å². The molecule has 0 saturated carbocycles. The molecular formula is C61H60IrN4Si-2. The molecule has 4 nitrogen and oxygen atoms in total. The molecule has 10 aromatic rings. The van der Waals surface area contributed by atoms with Gasteiger partial charge in [-0.1, -0.05) is 157 Å². The maximum atomic E-state index is 8.55. The summed E-state index contributed by atoms with van der Waals surface area (Å²) in [7, 11) is -1.67. The van der Waals surface area contributed by atoms with E-state index >= 15 is 0 Å². The molecule has 0 atom stereocenters. The molecule has 0 fully saturated rings. The van der Waals surface area contributed by atoms with Gasteiger partial charge in [-0.25, -0.2) is 0 Å². The van der Waals surface area contributed by atoms with Crippen LogP contribution >= 0.6 is 0 Å². The van der Waals surface area contributed by atoms with Gasteiger partial charge < -0.3 is 14.1 Å². The molecule has 0 amide bonds. The monoisotopic (exact) mass is 1070 g/mol. The van der Waals surface area contributed by atoms with Gasteiger partial charge in [0.2, 0.25) is 0 Å². The van der Waals surface area contributed by atoms with Gasteiger partial charge in [0.05, 0.1) is 24.9 Å². The second-order valence-corrected chi connectivity index (χ2v) is 24.3. The fraction of sp³-hybridized carbons (Fsp3) is 0.213. The summed E-state index contributed by atoms with van der Waals surface area (Å²) in [6.07, 6.45) is 0.528. The molecule has 0 bridgehead atoms. The molecule has 0 N–H and O–H groups in total. The molecule has 339 valence electrons. The van der Waals surface area contributed by atoms with Crippen LogP contribution in [0.1, 0.15) is 72.8 Å². The topological polar surface area (TPSA) is 35.6 Å². The Kier molecular flexibility index (Phi) is 13.3. The number of para-hydroxylation sites is 4. The molecule has 0 aliphatic carbocycles. The van der Waals surface area contributed by atoms with E-state index in [9.17, 15) is 0 Å².